The summed E-state index contributed by atoms with van der Waals surface area (Å²) >= 11 is 1.38. The van der Waals surface area contributed by atoms with Gasteiger partial charge in [0.2, 0.25) is 0 Å². The minimum absolute atomic E-state index is 0.0605. The van der Waals surface area contributed by atoms with E-state index in [0.29, 0.717) is 5.01 Å². The molecule has 4 nitrogen and oxygen atoms in total. The van der Waals surface area contributed by atoms with Crippen LogP contribution in [0.15, 0.2) is 23.6 Å². The maximum Gasteiger partial charge on any atom is 0.299 e. The van der Waals surface area contributed by atoms with Crippen LogP contribution in [0.1, 0.15) is 21.1 Å². The van der Waals surface area contributed by atoms with E-state index in [0.717, 1.165) is 10.6 Å². The van der Waals surface area contributed by atoms with E-state index in [1.165, 1.54) is 29.5 Å². The molecule has 3 rings (SSSR count). The van der Waals surface area contributed by atoms with E-state index in [4.69, 9.17) is 0 Å². The van der Waals surface area contributed by atoms with Gasteiger partial charge in [0, 0.05) is 11.1 Å². The Morgan fingerprint density at radius 1 is 1.37 bits per heavy atom. The maximum absolute atomic E-state index is 13.8. The molecule has 6 heteroatoms. The summed E-state index contributed by atoms with van der Waals surface area (Å²) in [6.07, 6.45) is 0. The van der Waals surface area contributed by atoms with E-state index in [9.17, 15) is 14.0 Å². The van der Waals surface area contributed by atoms with Crippen molar-refractivity contribution in [2.45, 2.75) is 13.5 Å². The molecule has 1 aromatic heterocycles. The highest BCUT2D eigenvalue weighted by atomic mass is 32.1. The van der Waals surface area contributed by atoms with Crippen LogP contribution in [0.3, 0.4) is 0 Å². The van der Waals surface area contributed by atoms with Crippen LogP contribution in [0.2, 0.25) is 0 Å². The van der Waals surface area contributed by atoms with Gasteiger partial charge in [-0.3, -0.25) is 14.5 Å². The smallest absolute Gasteiger partial charge is 0.295 e. The molecule has 0 N–H and O–H groups in total. The number of fused-ring (bicyclic) bond motifs is 1. The summed E-state index contributed by atoms with van der Waals surface area (Å²) in [5, 5.41) is 2.52. The van der Waals surface area contributed by atoms with Gasteiger partial charge in [0.25, 0.3) is 11.7 Å². The van der Waals surface area contributed by atoms with Crippen LogP contribution in [0.4, 0.5) is 10.1 Å². The van der Waals surface area contributed by atoms with E-state index in [-0.39, 0.29) is 17.8 Å². The zero-order chi connectivity index (χ0) is 13.6. The number of rotatable bonds is 2. The Kier molecular flexibility index (Phi) is 2.67. The quantitative estimate of drug-likeness (QED) is 0.791. The van der Waals surface area contributed by atoms with Crippen molar-refractivity contribution in [2.24, 2.45) is 0 Å². The topological polar surface area (TPSA) is 50.3 Å². The second-order valence-corrected chi connectivity index (χ2v) is 5.18. The molecular weight excluding hydrogens is 267 g/mol. The number of ketones is 1. The second-order valence-electron chi connectivity index (χ2n) is 4.24. The first-order valence-electron chi connectivity index (χ1n) is 5.63. The van der Waals surface area contributed by atoms with Gasteiger partial charge >= 0.3 is 0 Å². The minimum atomic E-state index is -0.701. The van der Waals surface area contributed by atoms with Crippen LogP contribution < -0.4 is 4.90 Å². The van der Waals surface area contributed by atoms with Gasteiger partial charge in [-0.2, -0.15) is 0 Å². The molecule has 2 heterocycles. The van der Waals surface area contributed by atoms with Gasteiger partial charge in [0.15, 0.2) is 0 Å². The van der Waals surface area contributed by atoms with E-state index in [1.807, 2.05) is 12.3 Å². The fraction of sp³-hybridized carbons (Fsp3) is 0.154. The standard InChI is InChI=1S/C13H9FN2O2S/c1-7-6-19-10(15-7)5-16-11-8(12(17)13(16)18)3-2-4-9(11)14/h2-4,6H,5H2,1H3. The van der Waals surface area contributed by atoms with E-state index >= 15 is 0 Å². The Labute approximate surface area is 112 Å². The number of aromatic nitrogens is 1. The monoisotopic (exact) mass is 276 g/mol. The van der Waals surface area contributed by atoms with E-state index in [2.05, 4.69) is 4.98 Å². The van der Waals surface area contributed by atoms with Gasteiger partial charge in [-0.05, 0) is 19.1 Å². The van der Waals surface area contributed by atoms with Crippen LogP contribution in [-0.2, 0) is 11.3 Å². The van der Waals surface area contributed by atoms with Crippen molar-refractivity contribution in [1.82, 2.24) is 4.98 Å². The number of thiazole rings is 1. The summed E-state index contributed by atoms with van der Waals surface area (Å²) in [5.74, 6) is -1.93. The molecule has 0 saturated carbocycles. The number of nitrogens with zero attached hydrogens (tertiary/aromatic N) is 2. The number of anilines is 1. The first-order valence-corrected chi connectivity index (χ1v) is 6.51. The van der Waals surface area contributed by atoms with Gasteiger partial charge in [-0.15, -0.1) is 11.3 Å². The molecule has 0 saturated heterocycles. The molecule has 0 bridgehead atoms. The van der Waals surface area contributed by atoms with Crippen molar-refractivity contribution in [3.05, 3.63) is 45.7 Å². The van der Waals surface area contributed by atoms with Crippen LogP contribution in [0.25, 0.3) is 0 Å². The fourth-order valence-corrected chi connectivity index (χ4v) is 2.83. The van der Waals surface area contributed by atoms with E-state index in [1.54, 1.807) is 0 Å². The van der Waals surface area contributed by atoms with E-state index < -0.39 is 17.5 Å². The number of carbonyl (C=O) groups excluding carboxylic acids is 2. The summed E-state index contributed by atoms with van der Waals surface area (Å²) in [4.78, 5) is 29.1. The minimum Gasteiger partial charge on any atom is -0.295 e. The fourth-order valence-electron chi connectivity index (χ4n) is 2.07. The van der Waals surface area contributed by atoms with Gasteiger partial charge in [0.05, 0.1) is 17.8 Å². The average Bonchev–Trinajstić information content (AvgIpc) is 2.89. The predicted molar refractivity (Wildman–Crippen MR) is 68.8 cm³/mol. The third kappa shape index (κ3) is 1.84. The van der Waals surface area contributed by atoms with Crippen molar-refractivity contribution in [3.8, 4) is 0 Å². The Hall–Kier alpha value is -2.08. The molecule has 1 aliphatic rings. The van der Waals surface area contributed by atoms with Crippen LogP contribution in [0.5, 0.6) is 0 Å². The lowest BCUT2D eigenvalue weighted by molar-refractivity contribution is -0.114. The zero-order valence-electron chi connectivity index (χ0n) is 10.0. The number of para-hydroxylation sites is 1. The number of hydrogen-bond acceptors (Lipinski definition) is 4. The molecule has 96 valence electrons. The maximum atomic E-state index is 13.8. The Balaban J connectivity index is 2.04. The number of Topliss-reactive ketones (excluding diaryl/α,β-unsaturated/α-hetero) is 1. The summed E-state index contributed by atoms with van der Waals surface area (Å²) in [7, 11) is 0. The third-order valence-electron chi connectivity index (χ3n) is 2.90. The number of aryl methyl sites for hydroxylation is 1. The van der Waals surface area contributed by atoms with Gasteiger partial charge in [0.1, 0.15) is 10.8 Å². The lowest BCUT2D eigenvalue weighted by atomic mass is 10.1. The molecule has 1 aromatic carbocycles. The van der Waals surface area contributed by atoms with Crippen LogP contribution >= 0.6 is 11.3 Å². The molecule has 2 aromatic rings. The lowest BCUT2D eigenvalue weighted by Crippen LogP contribution is -2.29. The van der Waals surface area contributed by atoms with Crippen molar-refractivity contribution in [2.75, 3.05) is 4.90 Å². The molecule has 0 unspecified atom stereocenters. The Morgan fingerprint density at radius 3 is 2.84 bits per heavy atom. The normalized spacial score (nSPS) is 14.1. The van der Waals surface area contributed by atoms with Crippen LogP contribution in [0, 0.1) is 12.7 Å². The zero-order valence-corrected chi connectivity index (χ0v) is 10.8. The number of benzene rings is 1. The summed E-state index contributed by atoms with van der Waals surface area (Å²) in [5.41, 5.74) is 1.02. The highest BCUT2D eigenvalue weighted by Crippen LogP contribution is 2.33. The molecule has 0 spiro atoms. The molecule has 1 amide bonds. The van der Waals surface area contributed by atoms with Crippen molar-refractivity contribution < 1.29 is 14.0 Å². The largest absolute Gasteiger partial charge is 0.299 e. The van der Waals surface area contributed by atoms with Gasteiger partial charge in [-0.25, -0.2) is 9.37 Å². The average molecular weight is 276 g/mol. The third-order valence-corrected chi connectivity index (χ3v) is 3.85. The highest BCUT2D eigenvalue weighted by molar-refractivity contribution is 7.09. The van der Waals surface area contributed by atoms with Gasteiger partial charge < -0.3 is 0 Å². The van der Waals surface area contributed by atoms with Gasteiger partial charge in [-0.1, -0.05) is 6.07 Å². The summed E-state index contributed by atoms with van der Waals surface area (Å²) < 4.78 is 13.8. The molecule has 1 aliphatic heterocycles. The molecule has 0 radical (unpaired) electrons. The Morgan fingerprint density at radius 2 is 2.16 bits per heavy atom. The number of amides is 1. The first kappa shape index (κ1) is 12.0. The predicted octanol–water partition coefficient (Wildman–Crippen LogP) is 2.32. The number of halogens is 1. The van der Waals surface area contributed by atoms with Crippen molar-refractivity contribution in [3.63, 3.8) is 0 Å². The molecule has 0 aliphatic carbocycles. The van der Waals surface area contributed by atoms with Crippen LogP contribution in [-0.4, -0.2) is 16.7 Å². The number of carbonyl (C=O) groups is 2. The lowest BCUT2D eigenvalue weighted by Gasteiger charge is -2.15. The van der Waals surface area contributed by atoms with Crippen molar-refractivity contribution >= 4 is 28.7 Å². The molecule has 19 heavy (non-hydrogen) atoms. The summed E-state index contributed by atoms with van der Waals surface area (Å²) in [6.45, 7) is 1.96. The second kappa shape index (κ2) is 4.24. The van der Waals surface area contributed by atoms with Crippen molar-refractivity contribution in [1.29, 1.82) is 0 Å². The molecular formula is C13H9FN2O2S. The number of hydrogen-bond donors (Lipinski definition) is 0. The highest BCUT2D eigenvalue weighted by Gasteiger charge is 2.38. The molecule has 0 atom stereocenters. The summed E-state index contributed by atoms with van der Waals surface area (Å²) in [6, 6.07) is 4.13. The SMILES string of the molecule is Cc1csc(CN2C(=O)C(=O)c3cccc(F)c32)n1. The Bertz CT molecular complexity index is 696. The first-order chi connectivity index (χ1) is 9.08. The molecule has 0 fully saturated rings.